The summed E-state index contributed by atoms with van der Waals surface area (Å²) in [4.78, 5) is 4.98. The van der Waals surface area contributed by atoms with Crippen LogP contribution in [0.1, 0.15) is 20.3 Å². The van der Waals surface area contributed by atoms with Gasteiger partial charge in [0.15, 0.2) is 0 Å². The molecule has 0 amide bonds. The summed E-state index contributed by atoms with van der Waals surface area (Å²) >= 11 is 0. The van der Waals surface area contributed by atoms with Crippen molar-refractivity contribution >= 4 is 0 Å². The van der Waals surface area contributed by atoms with Crippen LogP contribution in [0.4, 0.5) is 0 Å². The molecule has 1 heterocycles. The van der Waals surface area contributed by atoms with Crippen LogP contribution in [-0.2, 0) is 0 Å². The van der Waals surface area contributed by atoms with E-state index in [2.05, 4.69) is 23.6 Å². The van der Waals surface area contributed by atoms with E-state index in [1.807, 2.05) is 0 Å². The SMILES string of the molecule is CCCN1CCN(CCN)C1C. The van der Waals surface area contributed by atoms with E-state index in [-0.39, 0.29) is 0 Å². The lowest BCUT2D eigenvalue weighted by atomic mass is 10.4. The van der Waals surface area contributed by atoms with E-state index in [4.69, 9.17) is 5.73 Å². The molecule has 1 atom stereocenters. The van der Waals surface area contributed by atoms with Crippen molar-refractivity contribution < 1.29 is 0 Å². The van der Waals surface area contributed by atoms with Crippen molar-refractivity contribution in [2.45, 2.75) is 26.4 Å². The molecular weight excluding hydrogens is 150 g/mol. The van der Waals surface area contributed by atoms with Crippen LogP contribution in [0, 0.1) is 0 Å². The van der Waals surface area contributed by atoms with Gasteiger partial charge < -0.3 is 5.73 Å². The molecule has 0 aromatic heterocycles. The van der Waals surface area contributed by atoms with Gasteiger partial charge in [0.25, 0.3) is 0 Å². The van der Waals surface area contributed by atoms with Gasteiger partial charge >= 0.3 is 0 Å². The maximum atomic E-state index is 5.53. The lowest BCUT2D eigenvalue weighted by Crippen LogP contribution is -2.38. The molecule has 1 unspecified atom stereocenters. The largest absolute Gasteiger partial charge is 0.329 e. The van der Waals surface area contributed by atoms with Gasteiger partial charge in [-0.05, 0) is 19.9 Å². The second-order valence-electron chi connectivity index (χ2n) is 3.49. The Hall–Kier alpha value is -0.120. The Morgan fingerprint density at radius 2 is 1.83 bits per heavy atom. The molecular formula is C9H21N3. The maximum Gasteiger partial charge on any atom is 0.0594 e. The average Bonchev–Trinajstić information content (AvgIpc) is 2.38. The average molecular weight is 171 g/mol. The normalized spacial score (nSPS) is 26.8. The van der Waals surface area contributed by atoms with Gasteiger partial charge in [0.2, 0.25) is 0 Å². The van der Waals surface area contributed by atoms with Crippen LogP contribution in [0.2, 0.25) is 0 Å². The molecule has 2 N–H and O–H groups in total. The van der Waals surface area contributed by atoms with Gasteiger partial charge in [-0.1, -0.05) is 6.92 Å². The highest BCUT2D eigenvalue weighted by atomic mass is 15.4. The van der Waals surface area contributed by atoms with Crippen LogP contribution in [0.15, 0.2) is 0 Å². The van der Waals surface area contributed by atoms with Gasteiger partial charge in [0.05, 0.1) is 6.17 Å². The second-order valence-corrected chi connectivity index (χ2v) is 3.49. The van der Waals surface area contributed by atoms with Gasteiger partial charge in [0.1, 0.15) is 0 Å². The summed E-state index contributed by atoms with van der Waals surface area (Å²) in [6.45, 7) is 9.97. The van der Waals surface area contributed by atoms with Crippen LogP contribution in [0.3, 0.4) is 0 Å². The third kappa shape index (κ3) is 2.19. The summed E-state index contributed by atoms with van der Waals surface area (Å²) in [6, 6.07) is 0. The molecule has 72 valence electrons. The molecule has 1 saturated heterocycles. The number of hydrogen-bond acceptors (Lipinski definition) is 3. The van der Waals surface area contributed by atoms with Crippen molar-refractivity contribution in [3.05, 3.63) is 0 Å². The topological polar surface area (TPSA) is 32.5 Å². The number of rotatable bonds is 4. The number of hydrogen-bond donors (Lipinski definition) is 1. The van der Waals surface area contributed by atoms with E-state index in [0.717, 1.165) is 13.1 Å². The third-order valence-corrected chi connectivity index (χ3v) is 2.66. The molecule has 12 heavy (non-hydrogen) atoms. The molecule has 1 rings (SSSR count). The zero-order chi connectivity index (χ0) is 8.97. The Morgan fingerprint density at radius 1 is 1.25 bits per heavy atom. The first-order valence-electron chi connectivity index (χ1n) is 4.97. The van der Waals surface area contributed by atoms with Crippen LogP contribution in [0.5, 0.6) is 0 Å². The van der Waals surface area contributed by atoms with Crippen molar-refractivity contribution in [3.8, 4) is 0 Å². The Kier molecular flexibility index (Phi) is 3.98. The smallest absolute Gasteiger partial charge is 0.0594 e. The fraction of sp³-hybridized carbons (Fsp3) is 1.00. The molecule has 0 bridgehead atoms. The van der Waals surface area contributed by atoms with Gasteiger partial charge in [0, 0.05) is 26.2 Å². The standard InChI is InChI=1S/C9H21N3/c1-3-5-11-7-8-12(6-4-10)9(11)2/h9H,3-8,10H2,1-2H3. The summed E-state index contributed by atoms with van der Waals surface area (Å²) in [5.74, 6) is 0. The van der Waals surface area contributed by atoms with Gasteiger partial charge in [-0.15, -0.1) is 0 Å². The molecule has 0 aromatic carbocycles. The number of nitrogens with zero attached hydrogens (tertiary/aromatic N) is 2. The Balaban J connectivity index is 2.32. The van der Waals surface area contributed by atoms with Crippen LogP contribution in [0.25, 0.3) is 0 Å². The molecule has 3 heteroatoms. The predicted molar refractivity (Wildman–Crippen MR) is 52.0 cm³/mol. The highest BCUT2D eigenvalue weighted by Crippen LogP contribution is 2.12. The zero-order valence-electron chi connectivity index (χ0n) is 8.29. The molecule has 0 spiro atoms. The highest BCUT2D eigenvalue weighted by molar-refractivity contribution is 4.78. The fourth-order valence-electron chi connectivity index (χ4n) is 1.91. The fourth-order valence-corrected chi connectivity index (χ4v) is 1.91. The monoisotopic (exact) mass is 171 g/mol. The quantitative estimate of drug-likeness (QED) is 0.661. The van der Waals surface area contributed by atoms with E-state index in [1.165, 1.54) is 26.1 Å². The Labute approximate surface area is 75.5 Å². The van der Waals surface area contributed by atoms with Crippen molar-refractivity contribution in [3.63, 3.8) is 0 Å². The molecule has 3 nitrogen and oxygen atoms in total. The molecule has 0 radical (unpaired) electrons. The van der Waals surface area contributed by atoms with Crippen molar-refractivity contribution in [1.82, 2.24) is 9.80 Å². The number of nitrogens with two attached hydrogens (primary N) is 1. The first-order valence-corrected chi connectivity index (χ1v) is 4.97. The van der Waals surface area contributed by atoms with Crippen LogP contribution in [-0.4, -0.2) is 48.7 Å². The Bertz CT molecular complexity index is 113. The lowest BCUT2D eigenvalue weighted by Gasteiger charge is -2.25. The van der Waals surface area contributed by atoms with Gasteiger partial charge in [-0.25, -0.2) is 0 Å². The van der Waals surface area contributed by atoms with E-state index in [1.54, 1.807) is 0 Å². The first-order chi connectivity index (χ1) is 5.79. The summed E-state index contributed by atoms with van der Waals surface area (Å²) in [5, 5.41) is 0. The Morgan fingerprint density at radius 3 is 2.33 bits per heavy atom. The van der Waals surface area contributed by atoms with Crippen molar-refractivity contribution in [2.75, 3.05) is 32.7 Å². The summed E-state index contributed by atoms with van der Waals surface area (Å²) in [7, 11) is 0. The van der Waals surface area contributed by atoms with E-state index >= 15 is 0 Å². The van der Waals surface area contributed by atoms with Gasteiger partial charge in [-0.3, -0.25) is 9.80 Å². The van der Waals surface area contributed by atoms with Crippen LogP contribution >= 0.6 is 0 Å². The minimum absolute atomic E-state index is 0.605. The van der Waals surface area contributed by atoms with Crippen molar-refractivity contribution in [2.24, 2.45) is 5.73 Å². The molecule has 1 aliphatic rings. The minimum atomic E-state index is 0.605. The van der Waals surface area contributed by atoms with Crippen molar-refractivity contribution in [1.29, 1.82) is 0 Å². The zero-order valence-corrected chi connectivity index (χ0v) is 8.29. The summed E-state index contributed by atoms with van der Waals surface area (Å²) in [5.41, 5.74) is 5.53. The van der Waals surface area contributed by atoms with Gasteiger partial charge in [-0.2, -0.15) is 0 Å². The molecule has 1 fully saturated rings. The second kappa shape index (κ2) is 4.80. The molecule has 0 aromatic rings. The lowest BCUT2D eigenvalue weighted by molar-refractivity contribution is 0.156. The maximum absolute atomic E-state index is 5.53. The molecule has 0 aliphatic carbocycles. The highest BCUT2D eigenvalue weighted by Gasteiger charge is 2.26. The van der Waals surface area contributed by atoms with E-state index in [9.17, 15) is 0 Å². The van der Waals surface area contributed by atoms with E-state index < -0.39 is 0 Å². The minimum Gasteiger partial charge on any atom is -0.329 e. The summed E-state index contributed by atoms with van der Waals surface area (Å²) < 4.78 is 0. The third-order valence-electron chi connectivity index (χ3n) is 2.66. The molecule has 0 saturated carbocycles. The summed E-state index contributed by atoms with van der Waals surface area (Å²) in [6.07, 6.45) is 1.86. The molecule has 1 aliphatic heterocycles. The van der Waals surface area contributed by atoms with Crippen LogP contribution < -0.4 is 5.73 Å². The first kappa shape index (κ1) is 9.96. The van der Waals surface area contributed by atoms with E-state index in [0.29, 0.717) is 6.17 Å². The predicted octanol–water partition coefficient (Wildman–Crippen LogP) is 0.319.